The number of phenolic OH excluding ortho intramolecular Hbond substituents is 1. The van der Waals surface area contributed by atoms with Crippen molar-refractivity contribution < 1.29 is 5.11 Å². The molecule has 2 atom stereocenters. The number of likely N-dealkylation sites (tertiary alicyclic amines) is 1. The number of hydrogen-bond acceptors (Lipinski definition) is 3. The number of hydrogen-bond donors (Lipinski definition) is 2. The van der Waals surface area contributed by atoms with Gasteiger partial charge in [-0.15, -0.1) is 0 Å². The number of nitrogens with zero attached hydrogens (tertiary/aromatic N) is 1. The Morgan fingerprint density at radius 3 is 2.88 bits per heavy atom. The normalized spacial score (nSPS) is 23.5. The topological polar surface area (TPSA) is 49.5 Å². The van der Waals surface area contributed by atoms with Gasteiger partial charge in [0, 0.05) is 18.7 Å². The number of aromatic hydroxyl groups is 1. The molecule has 0 saturated carbocycles. The molecule has 2 unspecified atom stereocenters. The van der Waals surface area contributed by atoms with E-state index in [0.717, 1.165) is 24.6 Å². The van der Waals surface area contributed by atoms with Crippen molar-refractivity contribution >= 4 is 0 Å². The largest absolute Gasteiger partial charge is 0.508 e. The van der Waals surface area contributed by atoms with Gasteiger partial charge in [-0.2, -0.15) is 0 Å². The molecule has 1 fully saturated rings. The second-order valence-corrected chi connectivity index (χ2v) is 5.05. The first-order chi connectivity index (χ1) is 8.22. The highest BCUT2D eigenvalue weighted by Gasteiger charge is 2.25. The van der Waals surface area contributed by atoms with Gasteiger partial charge in [0.15, 0.2) is 0 Å². The molecule has 1 aliphatic rings. The number of piperidine rings is 1. The second-order valence-electron chi connectivity index (χ2n) is 5.05. The van der Waals surface area contributed by atoms with Crippen LogP contribution >= 0.6 is 0 Å². The monoisotopic (exact) mass is 234 g/mol. The summed E-state index contributed by atoms with van der Waals surface area (Å²) >= 11 is 0. The lowest BCUT2D eigenvalue weighted by Gasteiger charge is -2.37. The Hall–Kier alpha value is -1.06. The summed E-state index contributed by atoms with van der Waals surface area (Å²) in [7, 11) is 0. The van der Waals surface area contributed by atoms with Crippen molar-refractivity contribution in [1.82, 2.24) is 4.90 Å². The maximum atomic E-state index is 9.93. The van der Waals surface area contributed by atoms with E-state index in [1.165, 1.54) is 12.8 Å². The Balaban J connectivity index is 2.18. The van der Waals surface area contributed by atoms with E-state index in [9.17, 15) is 5.11 Å². The second kappa shape index (κ2) is 5.52. The van der Waals surface area contributed by atoms with Crippen LogP contribution in [0.25, 0.3) is 0 Å². The highest BCUT2D eigenvalue weighted by atomic mass is 16.3. The Labute approximate surface area is 103 Å². The summed E-state index contributed by atoms with van der Waals surface area (Å²) in [6.45, 7) is 5.01. The summed E-state index contributed by atoms with van der Waals surface area (Å²) in [5.74, 6) is 1.09. The molecular weight excluding hydrogens is 212 g/mol. The highest BCUT2D eigenvalue weighted by Crippen LogP contribution is 2.30. The van der Waals surface area contributed by atoms with E-state index in [-0.39, 0.29) is 6.04 Å². The maximum absolute atomic E-state index is 9.93. The van der Waals surface area contributed by atoms with Crippen molar-refractivity contribution in [2.75, 3.05) is 19.6 Å². The van der Waals surface area contributed by atoms with Crippen LogP contribution in [0.1, 0.15) is 31.4 Å². The molecule has 0 amide bonds. The molecule has 0 aliphatic carbocycles. The predicted molar refractivity (Wildman–Crippen MR) is 69.9 cm³/mol. The van der Waals surface area contributed by atoms with Crippen LogP contribution < -0.4 is 5.73 Å². The SMILES string of the molecule is CC1CCCN(C(CN)c2ccccc2O)C1. The summed E-state index contributed by atoms with van der Waals surface area (Å²) in [5.41, 5.74) is 6.86. The number of nitrogens with two attached hydrogens (primary N) is 1. The number of phenols is 1. The minimum absolute atomic E-state index is 0.152. The van der Waals surface area contributed by atoms with E-state index < -0.39 is 0 Å². The third-order valence-corrected chi connectivity index (χ3v) is 3.65. The average Bonchev–Trinajstić information content (AvgIpc) is 2.33. The van der Waals surface area contributed by atoms with Crippen LogP contribution in [0.5, 0.6) is 5.75 Å². The summed E-state index contributed by atoms with van der Waals surface area (Å²) in [4.78, 5) is 2.41. The van der Waals surface area contributed by atoms with Crippen molar-refractivity contribution in [2.24, 2.45) is 11.7 Å². The molecule has 1 heterocycles. The molecule has 1 aromatic carbocycles. The zero-order valence-corrected chi connectivity index (χ0v) is 10.5. The maximum Gasteiger partial charge on any atom is 0.120 e. The van der Waals surface area contributed by atoms with Gasteiger partial charge in [-0.05, 0) is 31.4 Å². The molecule has 0 radical (unpaired) electrons. The van der Waals surface area contributed by atoms with Crippen molar-refractivity contribution in [1.29, 1.82) is 0 Å². The molecule has 17 heavy (non-hydrogen) atoms. The average molecular weight is 234 g/mol. The first-order valence-electron chi connectivity index (χ1n) is 6.44. The number of rotatable bonds is 3. The minimum Gasteiger partial charge on any atom is -0.508 e. The molecule has 0 aromatic heterocycles. The Morgan fingerprint density at radius 1 is 1.47 bits per heavy atom. The summed E-state index contributed by atoms with van der Waals surface area (Å²) in [6, 6.07) is 7.69. The Morgan fingerprint density at radius 2 is 2.24 bits per heavy atom. The Kier molecular flexibility index (Phi) is 4.02. The lowest BCUT2D eigenvalue weighted by Crippen LogP contribution is -2.40. The fraction of sp³-hybridized carbons (Fsp3) is 0.571. The first kappa shape index (κ1) is 12.4. The lowest BCUT2D eigenvalue weighted by atomic mass is 9.96. The van der Waals surface area contributed by atoms with Crippen LogP contribution in [0.3, 0.4) is 0 Å². The fourth-order valence-electron chi connectivity index (χ4n) is 2.75. The summed E-state index contributed by atoms with van der Waals surface area (Å²) in [6.07, 6.45) is 2.53. The zero-order valence-electron chi connectivity index (χ0n) is 10.5. The van der Waals surface area contributed by atoms with Crippen molar-refractivity contribution in [3.63, 3.8) is 0 Å². The third-order valence-electron chi connectivity index (χ3n) is 3.65. The van der Waals surface area contributed by atoms with Crippen molar-refractivity contribution in [3.05, 3.63) is 29.8 Å². The molecule has 1 aromatic rings. The van der Waals surface area contributed by atoms with Gasteiger partial charge in [0.2, 0.25) is 0 Å². The standard InChI is InChI=1S/C14H22N2O/c1-11-5-4-8-16(10-11)13(9-15)12-6-2-3-7-14(12)17/h2-3,6-7,11,13,17H,4-5,8-10,15H2,1H3. The lowest BCUT2D eigenvalue weighted by molar-refractivity contribution is 0.131. The smallest absolute Gasteiger partial charge is 0.120 e. The van der Waals surface area contributed by atoms with E-state index in [2.05, 4.69) is 11.8 Å². The fourth-order valence-corrected chi connectivity index (χ4v) is 2.75. The molecule has 3 N–H and O–H groups in total. The molecule has 0 spiro atoms. The van der Waals surface area contributed by atoms with Gasteiger partial charge in [0.1, 0.15) is 5.75 Å². The number of para-hydroxylation sites is 1. The van der Waals surface area contributed by atoms with Crippen LogP contribution in [0, 0.1) is 5.92 Å². The minimum atomic E-state index is 0.152. The molecule has 1 aliphatic heterocycles. The molecule has 2 rings (SSSR count). The van der Waals surface area contributed by atoms with E-state index in [4.69, 9.17) is 5.73 Å². The number of benzene rings is 1. The van der Waals surface area contributed by atoms with Gasteiger partial charge in [0.25, 0.3) is 0 Å². The third kappa shape index (κ3) is 2.79. The molecule has 0 bridgehead atoms. The van der Waals surface area contributed by atoms with Crippen LogP contribution in [-0.2, 0) is 0 Å². The van der Waals surface area contributed by atoms with Crippen molar-refractivity contribution in [3.8, 4) is 5.75 Å². The zero-order chi connectivity index (χ0) is 12.3. The van der Waals surface area contributed by atoms with Gasteiger partial charge in [-0.3, -0.25) is 4.90 Å². The van der Waals surface area contributed by atoms with Crippen LogP contribution in [0.2, 0.25) is 0 Å². The van der Waals surface area contributed by atoms with Gasteiger partial charge in [-0.25, -0.2) is 0 Å². The molecular formula is C14H22N2O. The van der Waals surface area contributed by atoms with E-state index in [1.54, 1.807) is 6.07 Å². The van der Waals surface area contributed by atoms with E-state index >= 15 is 0 Å². The first-order valence-corrected chi connectivity index (χ1v) is 6.44. The highest BCUT2D eigenvalue weighted by molar-refractivity contribution is 5.34. The quantitative estimate of drug-likeness (QED) is 0.842. The van der Waals surface area contributed by atoms with Crippen molar-refractivity contribution in [2.45, 2.75) is 25.8 Å². The van der Waals surface area contributed by atoms with E-state index in [1.807, 2.05) is 18.2 Å². The van der Waals surface area contributed by atoms with Gasteiger partial charge in [0.05, 0.1) is 6.04 Å². The molecule has 3 heteroatoms. The van der Waals surface area contributed by atoms with Gasteiger partial charge >= 0.3 is 0 Å². The molecule has 1 saturated heterocycles. The summed E-state index contributed by atoms with van der Waals surface area (Å²) < 4.78 is 0. The predicted octanol–water partition coefficient (Wildman–Crippen LogP) is 2.12. The van der Waals surface area contributed by atoms with Gasteiger partial charge < -0.3 is 10.8 Å². The summed E-state index contributed by atoms with van der Waals surface area (Å²) in [5, 5.41) is 9.93. The molecule has 94 valence electrons. The van der Waals surface area contributed by atoms with Gasteiger partial charge in [-0.1, -0.05) is 25.1 Å². The van der Waals surface area contributed by atoms with Crippen LogP contribution in [-0.4, -0.2) is 29.6 Å². The van der Waals surface area contributed by atoms with E-state index in [0.29, 0.717) is 12.3 Å². The van der Waals surface area contributed by atoms with Crippen LogP contribution in [0.15, 0.2) is 24.3 Å². The van der Waals surface area contributed by atoms with Crippen LogP contribution in [0.4, 0.5) is 0 Å². The Bertz CT molecular complexity index is 367. The molecule has 3 nitrogen and oxygen atoms in total.